The van der Waals surface area contributed by atoms with Gasteiger partial charge in [0.15, 0.2) is 5.13 Å². The van der Waals surface area contributed by atoms with Gasteiger partial charge in [0.1, 0.15) is 10.6 Å². The molecule has 0 aliphatic carbocycles. The van der Waals surface area contributed by atoms with Crippen molar-refractivity contribution in [1.29, 1.82) is 0 Å². The molecule has 4 aromatic rings. The lowest BCUT2D eigenvalue weighted by Gasteiger charge is -2.34. The van der Waals surface area contributed by atoms with Gasteiger partial charge in [-0.1, -0.05) is 52.7 Å². The van der Waals surface area contributed by atoms with Crippen molar-refractivity contribution in [3.8, 4) is 5.75 Å². The zero-order valence-electron chi connectivity index (χ0n) is 20.9. The molecule has 2 amide bonds. The van der Waals surface area contributed by atoms with Crippen molar-refractivity contribution in [3.63, 3.8) is 0 Å². The number of likely N-dealkylation sites (N-methyl/N-ethyl adjacent to an activating group) is 1. The van der Waals surface area contributed by atoms with E-state index in [0.717, 1.165) is 31.7 Å². The van der Waals surface area contributed by atoms with Gasteiger partial charge in [-0.3, -0.25) is 5.32 Å². The molecule has 2 N–H and O–H groups in total. The van der Waals surface area contributed by atoms with E-state index in [1.165, 1.54) is 41.3 Å². The Morgan fingerprint density at radius 2 is 1.72 bits per heavy atom. The fraction of sp³-hybridized carbons (Fsp3) is 0.231. The van der Waals surface area contributed by atoms with E-state index in [4.69, 9.17) is 27.4 Å². The van der Waals surface area contributed by atoms with Crippen LogP contribution >= 0.6 is 34.5 Å². The molecule has 0 saturated carbocycles. The van der Waals surface area contributed by atoms with Gasteiger partial charge in [-0.2, -0.15) is 8.42 Å². The topological polar surface area (TPSA) is 104 Å². The summed E-state index contributed by atoms with van der Waals surface area (Å²) in [5, 5.41) is 5.85. The first-order chi connectivity index (χ1) is 18.7. The number of hydrogen-bond donors (Lipinski definition) is 2. The number of halogens is 2. The summed E-state index contributed by atoms with van der Waals surface area (Å²) in [5.41, 5.74) is 2.74. The van der Waals surface area contributed by atoms with E-state index in [0.29, 0.717) is 21.9 Å². The number of hydrogen-bond acceptors (Lipinski definition) is 8. The first kappa shape index (κ1) is 27.5. The quantitative estimate of drug-likeness (QED) is 0.270. The van der Waals surface area contributed by atoms with Crippen LogP contribution in [0.2, 0.25) is 10.0 Å². The summed E-state index contributed by atoms with van der Waals surface area (Å²) in [6.45, 7) is 4.44. The van der Waals surface area contributed by atoms with E-state index in [9.17, 15) is 13.2 Å². The second-order valence-corrected chi connectivity index (χ2v) is 12.3. The monoisotopic (exact) mass is 605 g/mol. The number of rotatable bonds is 7. The van der Waals surface area contributed by atoms with Crippen LogP contribution in [0.3, 0.4) is 0 Å². The lowest BCUT2D eigenvalue weighted by Crippen LogP contribution is -2.44. The molecule has 1 saturated heterocycles. The van der Waals surface area contributed by atoms with Crippen molar-refractivity contribution in [2.75, 3.05) is 43.4 Å². The van der Waals surface area contributed by atoms with Gasteiger partial charge in [-0.25, -0.2) is 9.78 Å². The maximum atomic E-state index is 12.8. The standard InChI is InChI=1S/C26H25Cl2N5O4S2/c1-32-11-13-33(14-12-32)18-7-5-17(6-8-18)16-29-25(34)31-26-30-22-10-9-19(15-23(22)38-26)37-39(35,36)24-20(27)3-2-4-21(24)28/h2-10,15H,11-14,16H2,1H3,(H2,29,30,31,34). The molecule has 0 radical (unpaired) electrons. The number of carbonyl (C=O) groups is 1. The molecule has 9 nitrogen and oxygen atoms in total. The zero-order valence-corrected chi connectivity index (χ0v) is 24.0. The zero-order chi connectivity index (χ0) is 27.6. The van der Waals surface area contributed by atoms with Crippen LogP contribution in [0, 0.1) is 0 Å². The van der Waals surface area contributed by atoms with Gasteiger partial charge in [0.05, 0.1) is 20.3 Å². The number of nitrogens with one attached hydrogen (secondary N) is 2. The summed E-state index contributed by atoms with van der Waals surface area (Å²) >= 11 is 13.3. The molecule has 0 atom stereocenters. The van der Waals surface area contributed by atoms with Crippen LogP contribution in [-0.4, -0.2) is 57.6 Å². The SMILES string of the molecule is CN1CCN(c2ccc(CNC(=O)Nc3nc4ccc(OS(=O)(=O)c5c(Cl)cccc5Cl)cc4s3)cc2)CC1. The smallest absolute Gasteiger partial charge is 0.342 e. The molecular formula is C26H25Cl2N5O4S2. The molecule has 13 heteroatoms. The van der Waals surface area contributed by atoms with Crippen molar-refractivity contribution >= 4 is 71.7 Å². The van der Waals surface area contributed by atoms with E-state index in [-0.39, 0.29) is 20.7 Å². The van der Waals surface area contributed by atoms with Crippen LogP contribution < -0.4 is 19.7 Å². The van der Waals surface area contributed by atoms with Gasteiger partial charge >= 0.3 is 16.1 Å². The van der Waals surface area contributed by atoms with Crippen LogP contribution in [0.5, 0.6) is 5.75 Å². The van der Waals surface area contributed by atoms with Crippen LogP contribution in [0.1, 0.15) is 5.56 Å². The minimum atomic E-state index is -4.26. The summed E-state index contributed by atoms with van der Waals surface area (Å²) < 4.78 is 31.4. The lowest BCUT2D eigenvalue weighted by atomic mass is 10.2. The highest BCUT2D eigenvalue weighted by atomic mass is 35.5. The van der Waals surface area contributed by atoms with Crippen molar-refractivity contribution in [3.05, 3.63) is 76.3 Å². The van der Waals surface area contributed by atoms with E-state index in [1.54, 1.807) is 12.1 Å². The Hall–Kier alpha value is -3.09. The second kappa shape index (κ2) is 11.6. The largest absolute Gasteiger partial charge is 0.379 e. The number of piperazine rings is 1. The molecule has 5 rings (SSSR count). The van der Waals surface area contributed by atoms with Gasteiger partial charge in [0.2, 0.25) is 0 Å². The summed E-state index contributed by atoms with van der Waals surface area (Å²) in [7, 11) is -2.14. The number of urea groups is 1. The third kappa shape index (κ3) is 6.56. The molecule has 3 aromatic carbocycles. The van der Waals surface area contributed by atoms with Gasteiger partial charge in [0, 0.05) is 44.5 Å². The Bertz CT molecular complexity index is 1580. The Morgan fingerprint density at radius 1 is 1.03 bits per heavy atom. The van der Waals surface area contributed by atoms with E-state index in [1.807, 2.05) is 12.1 Å². The molecule has 0 bridgehead atoms. The van der Waals surface area contributed by atoms with Crippen LogP contribution in [0.25, 0.3) is 10.2 Å². The highest BCUT2D eigenvalue weighted by molar-refractivity contribution is 7.87. The first-order valence-corrected chi connectivity index (χ1v) is 15.0. The Morgan fingerprint density at radius 3 is 2.41 bits per heavy atom. The van der Waals surface area contributed by atoms with Crippen LogP contribution in [0.4, 0.5) is 15.6 Å². The fourth-order valence-electron chi connectivity index (χ4n) is 4.11. The highest BCUT2D eigenvalue weighted by Gasteiger charge is 2.24. The van der Waals surface area contributed by atoms with Gasteiger partial charge < -0.3 is 19.3 Å². The minimum Gasteiger partial charge on any atom is -0.379 e. The number of anilines is 2. The highest BCUT2D eigenvalue weighted by Crippen LogP contribution is 2.34. The molecule has 1 aliphatic rings. The number of nitrogens with zero attached hydrogens (tertiary/aromatic N) is 3. The third-order valence-electron chi connectivity index (χ3n) is 6.21. The Kier molecular flexibility index (Phi) is 8.15. The number of aromatic nitrogens is 1. The number of amides is 2. The number of benzene rings is 3. The fourth-order valence-corrected chi connectivity index (χ4v) is 7.02. The maximum Gasteiger partial charge on any atom is 0.342 e. The number of thiazole rings is 1. The van der Waals surface area contributed by atoms with E-state index in [2.05, 4.69) is 44.6 Å². The molecule has 2 heterocycles. The normalized spacial score (nSPS) is 14.4. The molecular weight excluding hydrogens is 581 g/mol. The van der Waals surface area contributed by atoms with Crippen LogP contribution in [0.15, 0.2) is 65.6 Å². The van der Waals surface area contributed by atoms with E-state index < -0.39 is 16.1 Å². The molecule has 1 aromatic heterocycles. The lowest BCUT2D eigenvalue weighted by molar-refractivity contribution is 0.251. The summed E-state index contributed by atoms with van der Waals surface area (Å²) in [4.78, 5) is 21.2. The van der Waals surface area contributed by atoms with Crippen molar-refractivity contribution < 1.29 is 17.4 Å². The molecule has 1 aliphatic heterocycles. The van der Waals surface area contributed by atoms with Crippen molar-refractivity contribution in [1.82, 2.24) is 15.2 Å². The Balaban J connectivity index is 1.19. The molecule has 1 fully saturated rings. The average molecular weight is 607 g/mol. The van der Waals surface area contributed by atoms with Crippen LogP contribution in [-0.2, 0) is 16.7 Å². The first-order valence-electron chi connectivity index (χ1n) is 12.0. The van der Waals surface area contributed by atoms with Gasteiger partial charge in [0.25, 0.3) is 0 Å². The van der Waals surface area contributed by atoms with Crippen molar-refractivity contribution in [2.24, 2.45) is 0 Å². The molecule has 204 valence electrons. The van der Waals surface area contributed by atoms with Crippen molar-refractivity contribution in [2.45, 2.75) is 11.4 Å². The molecule has 39 heavy (non-hydrogen) atoms. The summed E-state index contributed by atoms with van der Waals surface area (Å²) in [5.74, 6) is 0.0677. The van der Waals surface area contributed by atoms with Gasteiger partial charge in [-0.15, -0.1) is 0 Å². The Labute approximate surface area is 240 Å². The van der Waals surface area contributed by atoms with Gasteiger partial charge in [-0.05, 0) is 49.0 Å². The maximum absolute atomic E-state index is 12.8. The second-order valence-electron chi connectivity index (χ2n) is 9.00. The predicted molar refractivity (Wildman–Crippen MR) is 156 cm³/mol. The third-order valence-corrected chi connectivity index (χ3v) is 9.35. The number of carbonyl (C=O) groups excluding carboxylic acids is 1. The molecule has 0 unspecified atom stereocenters. The van der Waals surface area contributed by atoms with E-state index >= 15 is 0 Å². The summed E-state index contributed by atoms with van der Waals surface area (Å²) in [6.07, 6.45) is 0. The predicted octanol–water partition coefficient (Wildman–Crippen LogP) is 5.44. The minimum absolute atomic E-state index is 0.0372. The molecule has 0 spiro atoms. The average Bonchev–Trinajstić information content (AvgIpc) is 3.29. The number of fused-ring (bicyclic) bond motifs is 1. The summed E-state index contributed by atoms with van der Waals surface area (Å²) in [6, 6.07) is 16.8.